The molecule has 1 aliphatic carbocycles. The van der Waals surface area contributed by atoms with Gasteiger partial charge in [-0.2, -0.15) is 4.98 Å². The lowest BCUT2D eigenvalue weighted by molar-refractivity contribution is 0.0927. The Bertz CT molecular complexity index is 649. The second-order valence-electron chi connectivity index (χ2n) is 9.15. The summed E-state index contributed by atoms with van der Waals surface area (Å²) in [7, 11) is 0. The Morgan fingerprint density at radius 1 is 1.11 bits per heavy atom. The van der Waals surface area contributed by atoms with Crippen LogP contribution in [-0.2, 0) is 6.54 Å². The number of carbonyl (C=O) groups is 1. The minimum absolute atomic E-state index is 0.128. The number of piperidine rings is 1. The van der Waals surface area contributed by atoms with E-state index in [0.29, 0.717) is 17.9 Å². The summed E-state index contributed by atoms with van der Waals surface area (Å²) in [6.07, 6.45) is 9.42. The minimum Gasteiger partial charge on any atom is -0.338 e. The van der Waals surface area contributed by atoms with E-state index in [9.17, 15) is 4.79 Å². The van der Waals surface area contributed by atoms with Gasteiger partial charge in [-0.3, -0.25) is 4.90 Å². The largest absolute Gasteiger partial charge is 0.338 e. The molecule has 3 fully saturated rings. The number of likely N-dealkylation sites (tertiary alicyclic amines) is 2. The summed E-state index contributed by atoms with van der Waals surface area (Å²) >= 11 is 0. The van der Waals surface area contributed by atoms with Gasteiger partial charge in [0.1, 0.15) is 0 Å². The zero-order valence-electron chi connectivity index (χ0n) is 17.4. The van der Waals surface area contributed by atoms with Crippen LogP contribution in [0.2, 0.25) is 0 Å². The molecular formula is C21H35N5O2. The van der Waals surface area contributed by atoms with Crippen LogP contribution in [0, 0.1) is 5.92 Å². The first kappa shape index (κ1) is 19.7. The molecule has 2 amide bonds. The summed E-state index contributed by atoms with van der Waals surface area (Å²) in [6, 6.07) is 0.698. The number of hydrogen-bond acceptors (Lipinski definition) is 5. The van der Waals surface area contributed by atoms with Crippen molar-refractivity contribution in [1.82, 2.24) is 25.3 Å². The average molecular weight is 390 g/mol. The van der Waals surface area contributed by atoms with Gasteiger partial charge >= 0.3 is 6.03 Å². The molecule has 156 valence electrons. The molecule has 7 heteroatoms. The van der Waals surface area contributed by atoms with Gasteiger partial charge in [-0.1, -0.05) is 18.0 Å². The molecule has 0 radical (unpaired) electrons. The molecule has 2 aliphatic heterocycles. The molecule has 1 aromatic heterocycles. The van der Waals surface area contributed by atoms with Gasteiger partial charge in [-0.05, 0) is 71.4 Å². The van der Waals surface area contributed by atoms with Crippen molar-refractivity contribution in [3.05, 3.63) is 11.7 Å². The number of carbonyl (C=O) groups excluding carboxylic acids is 1. The summed E-state index contributed by atoms with van der Waals surface area (Å²) in [5.41, 5.74) is 0. The normalized spacial score (nSPS) is 25.1. The third kappa shape index (κ3) is 4.85. The second-order valence-corrected chi connectivity index (χ2v) is 9.15. The van der Waals surface area contributed by atoms with E-state index in [1.54, 1.807) is 0 Å². The molecule has 1 N–H and O–H groups in total. The third-order valence-corrected chi connectivity index (χ3v) is 6.43. The van der Waals surface area contributed by atoms with E-state index in [2.05, 4.69) is 25.3 Å². The number of rotatable bonds is 5. The first-order valence-electron chi connectivity index (χ1n) is 11.2. The van der Waals surface area contributed by atoms with Crippen molar-refractivity contribution in [3.8, 4) is 0 Å². The van der Waals surface area contributed by atoms with Gasteiger partial charge in [0.2, 0.25) is 5.89 Å². The number of urea groups is 1. The summed E-state index contributed by atoms with van der Waals surface area (Å²) < 4.78 is 5.45. The summed E-state index contributed by atoms with van der Waals surface area (Å²) in [6.45, 7) is 7.82. The molecule has 0 spiro atoms. The maximum absolute atomic E-state index is 12.8. The van der Waals surface area contributed by atoms with Crippen molar-refractivity contribution >= 4 is 6.03 Å². The Morgan fingerprint density at radius 3 is 2.61 bits per heavy atom. The van der Waals surface area contributed by atoms with E-state index in [-0.39, 0.29) is 12.1 Å². The van der Waals surface area contributed by atoms with Crippen LogP contribution in [0.25, 0.3) is 0 Å². The van der Waals surface area contributed by atoms with Crippen LogP contribution in [0.3, 0.4) is 0 Å². The standard InChI is InChI=1S/C21H35N5O2/c1-15(2)22-21(27)26-11-5-3-4-6-18(26)16-9-12-25(13-10-16)14-19-23-20(24-28-19)17-7-8-17/h15-18H,3-14H2,1-2H3,(H,22,27). The SMILES string of the molecule is CC(C)NC(=O)N1CCCCCC1C1CCN(Cc2nc(C3CC3)no2)CC1. The number of nitrogens with one attached hydrogen (secondary N) is 1. The fourth-order valence-corrected chi connectivity index (χ4v) is 4.73. The summed E-state index contributed by atoms with van der Waals surface area (Å²) in [5, 5.41) is 7.25. The highest BCUT2D eigenvalue weighted by Crippen LogP contribution is 2.38. The molecule has 0 bridgehead atoms. The first-order chi connectivity index (χ1) is 13.6. The van der Waals surface area contributed by atoms with Crippen LogP contribution in [-0.4, -0.2) is 57.7 Å². The highest BCUT2D eigenvalue weighted by atomic mass is 16.5. The van der Waals surface area contributed by atoms with Crippen LogP contribution in [0.4, 0.5) is 4.79 Å². The van der Waals surface area contributed by atoms with E-state index in [1.807, 2.05) is 13.8 Å². The van der Waals surface area contributed by atoms with Gasteiger partial charge < -0.3 is 14.7 Å². The average Bonchev–Trinajstić information content (AvgIpc) is 3.46. The van der Waals surface area contributed by atoms with E-state index in [0.717, 1.165) is 63.6 Å². The Hall–Kier alpha value is -1.63. The summed E-state index contributed by atoms with van der Waals surface area (Å²) in [5.74, 6) is 2.79. The van der Waals surface area contributed by atoms with Crippen molar-refractivity contribution in [2.45, 2.75) is 89.8 Å². The molecule has 1 aromatic rings. The molecular weight excluding hydrogens is 354 g/mol. The highest BCUT2D eigenvalue weighted by Gasteiger charge is 2.34. The van der Waals surface area contributed by atoms with Crippen LogP contribution >= 0.6 is 0 Å². The predicted molar refractivity (Wildman–Crippen MR) is 107 cm³/mol. The maximum Gasteiger partial charge on any atom is 0.317 e. The fraction of sp³-hybridized carbons (Fsp3) is 0.857. The monoisotopic (exact) mass is 389 g/mol. The Labute approximate surface area is 168 Å². The molecule has 1 unspecified atom stereocenters. The lowest BCUT2D eigenvalue weighted by Gasteiger charge is -2.40. The lowest BCUT2D eigenvalue weighted by atomic mass is 9.86. The smallest absolute Gasteiger partial charge is 0.317 e. The van der Waals surface area contributed by atoms with Gasteiger partial charge in [-0.15, -0.1) is 0 Å². The Morgan fingerprint density at radius 2 is 1.89 bits per heavy atom. The topological polar surface area (TPSA) is 74.5 Å². The maximum atomic E-state index is 12.8. The van der Waals surface area contributed by atoms with Crippen molar-refractivity contribution < 1.29 is 9.32 Å². The van der Waals surface area contributed by atoms with Crippen LogP contribution in [0.1, 0.15) is 82.8 Å². The Balaban J connectivity index is 1.32. The van der Waals surface area contributed by atoms with Crippen LogP contribution < -0.4 is 5.32 Å². The molecule has 3 heterocycles. The predicted octanol–water partition coefficient (Wildman–Crippen LogP) is 3.52. The number of aromatic nitrogens is 2. The number of hydrogen-bond donors (Lipinski definition) is 1. The molecule has 0 aromatic carbocycles. The summed E-state index contributed by atoms with van der Waals surface area (Å²) in [4.78, 5) is 21.9. The van der Waals surface area contributed by atoms with Crippen molar-refractivity contribution in [2.24, 2.45) is 5.92 Å². The van der Waals surface area contributed by atoms with Gasteiger partial charge in [0.05, 0.1) is 6.54 Å². The molecule has 28 heavy (non-hydrogen) atoms. The molecule has 1 saturated carbocycles. The second kappa shape index (κ2) is 8.80. The van der Waals surface area contributed by atoms with Gasteiger partial charge in [0.15, 0.2) is 5.82 Å². The van der Waals surface area contributed by atoms with Crippen molar-refractivity contribution in [3.63, 3.8) is 0 Å². The number of amides is 2. The molecule has 1 atom stereocenters. The Kier molecular flexibility index (Phi) is 6.19. The van der Waals surface area contributed by atoms with Gasteiger partial charge in [0, 0.05) is 24.5 Å². The van der Waals surface area contributed by atoms with Gasteiger partial charge in [-0.25, -0.2) is 4.79 Å². The van der Waals surface area contributed by atoms with Crippen LogP contribution in [0.15, 0.2) is 4.52 Å². The number of nitrogens with zero attached hydrogens (tertiary/aromatic N) is 4. The van der Waals surface area contributed by atoms with E-state index < -0.39 is 0 Å². The molecule has 4 rings (SSSR count). The van der Waals surface area contributed by atoms with E-state index in [1.165, 1.54) is 25.7 Å². The van der Waals surface area contributed by atoms with Crippen molar-refractivity contribution in [2.75, 3.05) is 19.6 Å². The quantitative estimate of drug-likeness (QED) is 0.834. The highest BCUT2D eigenvalue weighted by molar-refractivity contribution is 5.74. The minimum atomic E-state index is 0.128. The lowest BCUT2D eigenvalue weighted by Crippen LogP contribution is -2.52. The third-order valence-electron chi connectivity index (χ3n) is 6.43. The molecule has 7 nitrogen and oxygen atoms in total. The first-order valence-corrected chi connectivity index (χ1v) is 11.2. The molecule has 3 aliphatic rings. The van der Waals surface area contributed by atoms with Crippen LogP contribution in [0.5, 0.6) is 0 Å². The zero-order chi connectivity index (χ0) is 19.5. The van der Waals surface area contributed by atoms with Crippen molar-refractivity contribution in [1.29, 1.82) is 0 Å². The molecule has 2 saturated heterocycles. The fourth-order valence-electron chi connectivity index (χ4n) is 4.73. The zero-order valence-corrected chi connectivity index (χ0v) is 17.4. The van der Waals surface area contributed by atoms with E-state index in [4.69, 9.17) is 4.52 Å². The van der Waals surface area contributed by atoms with Gasteiger partial charge in [0.25, 0.3) is 0 Å². The van der Waals surface area contributed by atoms with E-state index >= 15 is 0 Å².